The Balaban J connectivity index is 1.84. The minimum Gasteiger partial charge on any atom is -0.497 e. The number of carbonyl (C=O) groups excluding carboxylic acids is 1. The van der Waals surface area contributed by atoms with Crippen LogP contribution in [0.2, 0.25) is 0 Å². The monoisotopic (exact) mass is 352 g/mol. The Morgan fingerprint density at radius 1 is 1.04 bits per heavy atom. The van der Waals surface area contributed by atoms with Crippen molar-refractivity contribution in [3.63, 3.8) is 0 Å². The van der Waals surface area contributed by atoms with Crippen LogP contribution in [0, 0.1) is 5.82 Å². The minimum atomic E-state index is -3.66. The number of methoxy groups -OCH3 is 1. The van der Waals surface area contributed by atoms with E-state index in [1.807, 2.05) is 0 Å². The Kier molecular flexibility index (Phi) is 5.88. The summed E-state index contributed by atoms with van der Waals surface area (Å²) in [4.78, 5) is 11.9. The Labute approximate surface area is 139 Å². The molecule has 0 aromatic heterocycles. The van der Waals surface area contributed by atoms with Crippen molar-refractivity contribution in [1.29, 1.82) is 0 Å². The average molecular weight is 352 g/mol. The zero-order valence-corrected chi connectivity index (χ0v) is 13.8. The molecule has 0 unspecified atom stereocenters. The van der Waals surface area contributed by atoms with Gasteiger partial charge in [-0.3, -0.25) is 4.79 Å². The molecule has 0 heterocycles. The fourth-order valence-corrected chi connectivity index (χ4v) is 2.93. The molecule has 0 saturated carbocycles. The smallest absolute Gasteiger partial charge is 0.251 e. The zero-order valence-electron chi connectivity index (χ0n) is 13.0. The van der Waals surface area contributed by atoms with Gasteiger partial charge in [-0.15, -0.1) is 0 Å². The maximum Gasteiger partial charge on any atom is 0.251 e. The van der Waals surface area contributed by atoms with E-state index in [2.05, 4.69) is 10.0 Å². The molecule has 0 saturated heterocycles. The largest absolute Gasteiger partial charge is 0.497 e. The standard InChI is InChI=1S/C16H17FN2O4S/c1-23-14-6-8-15(9-7-14)24(21,22)19-11-10-18-16(20)12-2-4-13(17)5-3-12/h2-9,19H,10-11H2,1H3,(H,18,20). The second kappa shape index (κ2) is 7.89. The van der Waals surface area contributed by atoms with Crippen LogP contribution in [0.3, 0.4) is 0 Å². The summed E-state index contributed by atoms with van der Waals surface area (Å²) in [6.45, 7) is 0.132. The molecule has 0 spiro atoms. The summed E-state index contributed by atoms with van der Waals surface area (Å²) in [6.07, 6.45) is 0. The highest BCUT2D eigenvalue weighted by molar-refractivity contribution is 7.89. The van der Waals surface area contributed by atoms with Crippen LogP contribution >= 0.6 is 0 Å². The van der Waals surface area contributed by atoms with Gasteiger partial charge < -0.3 is 10.1 Å². The summed E-state index contributed by atoms with van der Waals surface area (Å²) >= 11 is 0. The number of amides is 1. The predicted molar refractivity (Wildman–Crippen MR) is 86.9 cm³/mol. The molecule has 8 heteroatoms. The topological polar surface area (TPSA) is 84.5 Å². The lowest BCUT2D eigenvalue weighted by molar-refractivity contribution is 0.0954. The molecule has 2 rings (SSSR count). The fourth-order valence-electron chi connectivity index (χ4n) is 1.90. The third kappa shape index (κ3) is 4.77. The van der Waals surface area contributed by atoms with Crippen molar-refractivity contribution in [3.05, 3.63) is 59.9 Å². The average Bonchev–Trinajstić information content (AvgIpc) is 2.59. The van der Waals surface area contributed by atoms with Crippen molar-refractivity contribution < 1.29 is 22.3 Å². The number of sulfonamides is 1. The van der Waals surface area contributed by atoms with E-state index in [-0.39, 0.29) is 18.0 Å². The van der Waals surface area contributed by atoms with E-state index in [9.17, 15) is 17.6 Å². The normalized spacial score (nSPS) is 11.1. The number of halogens is 1. The van der Waals surface area contributed by atoms with Gasteiger partial charge in [0.25, 0.3) is 5.91 Å². The Bertz CT molecular complexity index is 790. The molecule has 2 aromatic rings. The van der Waals surface area contributed by atoms with E-state index in [1.165, 1.54) is 43.5 Å². The molecule has 0 atom stereocenters. The number of rotatable bonds is 7. The van der Waals surface area contributed by atoms with Gasteiger partial charge in [0, 0.05) is 18.7 Å². The molecule has 2 aromatic carbocycles. The molecule has 0 radical (unpaired) electrons. The van der Waals surface area contributed by atoms with E-state index in [1.54, 1.807) is 12.1 Å². The summed E-state index contributed by atoms with van der Waals surface area (Å²) in [7, 11) is -2.17. The SMILES string of the molecule is COc1ccc(S(=O)(=O)NCCNC(=O)c2ccc(F)cc2)cc1. The predicted octanol–water partition coefficient (Wildman–Crippen LogP) is 1.54. The number of ether oxygens (including phenoxy) is 1. The highest BCUT2D eigenvalue weighted by atomic mass is 32.2. The third-order valence-electron chi connectivity index (χ3n) is 3.18. The van der Waals surface area contributed by atoms with Crippen molar-refractivity contribution in [3.8, 4) is 5.75 Å². The Hall–Kier alpha value is -2.45. The first-order chi connectivity index (χ1) is 11.4. The molecule has 128 valence electrons. The van der Waals surface area contributed by atoms with Crippen molar-refractivity contribution in [1.82, 2.24) is 10.0 Å². The third-order valence-corrected chi connectivity index (χ3v) is 4.66. The van der Waals surface area contributed by atoms with Crippen LogP contribution in [0.25, 0.3) is 0 Å². The lowest BCUT2D eigenvalue weighted by Crippen LogP contribution is -2.34. The number of hydrogen-bond donors (Lipinski definition) is 2. The van der Waals surface area contributed by atoms with Crippen molar-refractivity contribution >= 4 is 15.9 Å². The molecule has 0 aliphatic heterocycles. The first-order valence-electron chi connectivity index (χ1n) is 7.10. The van der Waals surface area contributed by atoms with Gasteiger partial charge in [0.1, 0.15) is 11.6 Å². The van der Waals surface area contributed by atoms with Gasteiger partial charge in [0.2, 0.25) is 10.0 Å². The van der Waals surface area contributed by atoms with Crippen LogP contribution in [0.1, 0.15) is 10.4 Å². The summed E-state index contributed by atoms with van der Waals surface area (Å²) in [5, 5.41) is 2.55. The summed E-state index contributed by atoms with van der Waals surface area (Å²) in [6, 6.07) is 11.0. The van der Waals surface area contributed by atoms with Gasteiger partial charge >= 0.3 is 0 Å². The van der Waals surface area contributed by atoms with Crippen molar-refractivity contribution in [2.75, 3.05) is 20.2 Å². The van der Waals surface area contributed by atoms with Crippen LogP contribution in [0.5, 0.6) is 5.75 Å². The number of nitrogens with one attached hydrogen (secondary N) is 2. The summed E-state index contributed by atoms with van der Waals surface area (Å²) in [5.41, 5.74) is 0.300. The molecular formula is C16H17FN2O4S. The molecule has 24 heavy (non-hydrogen) atoms. The van der Waals surface area contributed by atoms with Gasteiger partial charge in [-0.05, 0) is 48.5 Å². The molecule has 0 aliphatic carbocycles. The van der Waals surface area contributed by atoms with Crippen LogP contribution < -0.4 is 14.8 Å². The van der Waals surface area contributed by atoms with E-state index in [4.69, 9.17) is 4.74 Å². The first-order valence-corrected chi connectivity index (χ1v) is 8.58. The van der Waals surface area contributed by atoms with Crippen LogP contribution in [0.4, 0.5) is 4.39 Å². The van der Waals surface area contributed by atoms with E-state index in [0.29, 0.717) is 11.3 Å². The Morgan fingerprint density at radius 3 is 2.25 bits per heavy atom. The van der Waals surface area contributed by atoms with E-state index in [0.717, 1.165) is 0 Å². The fraction of sp³-hybridized carbons (Fsp3) is 0.188. The van der Waals surface area contributed by atoms with E-state index < -0.39 is 21.7 Å². The van der Waals surface area contributed by atoms with Gasteiger partial charge in [-0.25, -0.2) is 17.5 Å². The number of hydrogen-bond acceptors (Lipinski definition) is 4. The summed E-state index contributed by atoms with van der Waals surface area (Å²) in [5.74, 6) is -0.280. The lowest BCUT2D eigenvalue weighted by atomic mass is 10.2. The molecule has 2 N–H and O–H groups in total. The number of carbonyl (C=O) groups is 1. The molecular weight excluding hydrogens is 335 g/mol. The highest BCUT2D eigenvalue weighted by Gasteiger charge is 2.13. The van der Waals surface area contributed by atoms with Gasteiger partial charge in [-0.2, -0.15) is 0 Å². The first kappa shape index (κ1) is 17.9. The molecule has 0 bridgehead atoms. The maximum absolute atomic E-state index is 12.8. The molecule has 1 amide bonds. The van der Waals surface area contributed by atoms with Crippen LogP contribution in [-0.2, 0) is 10.0 Å². The highest BCUT2D eigenvalue weighted by Crippen LogP contribution is 2.14. The number of benzene rings is 2. The van der Waals surface area contributed by atoms with Gasteiger partial charge in [0.15, 0.2) is 0 Å². The minimum absolute atomic E-state index is 0.0291. The molecule has 6 nitrogen and oxygen atoms in total. The quantitative estimate of drug-likeness (QED) is 0.741. The van der Waals surface area contributed by atoms with Crippen LogP contribution in [0.15, 0.2) is 53.4 Å². The van der Waals surface area contributed by atoms with Crippen molar-refractivity contribution in [2.24, 2.45) is 0 Å². The van der Waals surface area contributed by atoms with Crippen LogP contribution in [-0.4, -0.2) is 34.5 Å². The summed E-state index contributed by atoms with van der Waals surface area (Å²) < 4.78 is 44.3. The second-order valence-electron chi connectivity index (χ2n) is 4.84. The Morgan fingerprint density at radius 2 is 1.67 bits per heavy atom. The zero-order chi connectivity index (χ0) is 17.6. The van der Waals surface area contributed by atoms with E-state index >= 15 is 0 Å². The maximum atomic E-state index is 12.8. The second-order valence-corrected chi connectivity index (χ2v) is 6.60. The molecule has 0 aliphatic rings. The molecule has 0 fully saturated rings. The van der Waals surface area contributed by atoms with Gasteiger partial charge in [-0.1, -0.05) is 0 Å². The van der Waals surface area contributed by atoms with Crippen molar-refractivity contribution in [2.45, 2.75) is 4.90 Å². The lowest BCUT2D eigenvalue weighted by Gasteiger charge is -2.09. The van der Waals surface area contributed by atoms with Gasteiger partial charge in [0.05, 0.1) is 12.0 Å².